The van der Waals surface area contributed by atoms with Crippen molar-refractivity contribution in [2.24, 2.45) is 0 Å². The van der Waals surface area contributed by atoms with Crippen LogP contribution in [0.25, 0.3) is 0 Å². The van der Waals surface area contributed by atoms with Gasteiger partial charge in [-0.15, -0.1) is 0 Å². The Bertz CT molecular complexity index is 476. The standard InChI is InChI=1S/C14H19N3O/c1-15-11-13-7-9-16-17(13)10-8-12-3-5-14(18-2)6-4-12/h3-7,9,15H,8,10-11H2,1-2H3. The van der Waals surface area contributed by atoms with E-state index in [1.165, 1.54) is 11.3 Å². The molecule has 0 aliphatic heterocycles. The predicted molar refractivity (Wildman–Crippen MR) is 71.7 cm³/mol. The summed E-state index contributed by atoms with van der Waals surface area (Å²) in [5, 5.41) is 7.48. The van der Waals surface area contributed by atoms with E-state index >= 15 is 0 Å². The number of rotatable bonds is 6. The Balaban J connectivity index is 1.95. The zero-order chi connectivity index (χ0) is 12.8. The number of ether oxygens (including phenoxy) is 1. The van der Waals surface area contributed by atoms with E-state index in [9.17, 15) is 0 Å². The Morgan fingerprint density at radius 1 is 1.22 bits per heavy atom. The van der Waals surface area contributed by atoms with Crippen molar-refractivity contribution in [3.8, 4) is 5.75 Å². The molecule has 4 nitrogen and oxygen atoms in total. The number of benzene rings is 1. The smallest absolute Gasteiger partial charge is 0.118 e. The maximum atomic E-state index is 5.14. The van der Waals surface area contributed by atoms with Crippen LogP contribution in [0.1, 0.15) is 11.3 Å². The number of nitrogens with zero attached hydrogens (tertiary/aromatic N) is 2. The van der Waals surface area contributed by atoms with Gasteiger partial charge in [0.25, 0.3) is 0 Å². The fourth-order valence-electron chi connectivity index (χ4n) is 1.92. The molecule has 4 heteroatoms. The first kappa shape index (κ1) is 12.6. The zero-order valence-electron chi connectivity index (χ0n) is 10.9. The van der Waals surface area contributed by atoms with Gasteiger partial charge in [-0.05, 0) is 37.2 Å². The lowest BCUT2D eigenvalue weighted by Gasteiger charge is -2.07. The van der Waals surface area contributed by atoms with Crippen LogP contribution in [0.4, 0.5) is 0 Å². The minimum Gasteiger partial charge on any atom is -0.497 e. The van der Waals surface area contributed by atoms with Gasteiger partial charge in [-0.25, -0.2) is 0 Å². The number of hydrogen-bond acceptors (Lipinski definition) is 3. The molecule has 0 radical (unpaired) electrons. The van der Waals surface area contributed by atoms with E-state index in [0.29, 0.717) is 0 Å². The number of methoxy groups -OCH3 is 1. The molecule has 0 aliphatic carbocycles. The highest BCUT2D eigenvalue weighted by molar-refractivity contribution is 5.27. The minimum atomic E-state index is 0.850. The van der Waals surface area contributed by atoms with Crippen LogP contribution in [0.15, 0.2) is 36.5 Å². The summed E-state index contributed by atoms with van der Waals surface area (Å²) < 4.78 is 7.19. The van der Waals surface area contributed by atoms with Gasteiger partial charge >= 0.3 is 0 Å². The van der Waals surface area contributed by atoms with Crippen molar-refractivity contribution in [3.63, 3.8) is 0 Å². The summed E-state index contributed by atoms with van der Waals surface area (Å²) in [7, 11) is 3.63. The SMILES string of the molecule is CNCc1ccnn1CCc1ccc(OC)cc1. The van der Waals surface area contributed by atoms with E-state index in [-0.39, 0.29) is 0 Å². The molecule has 0 unspecified atom stereocenters. The summed E-state index contributed by atoms with van der Waals surface area (Å²) in [6, 6.07) is 10.2. The van der Waals surface area contributed by atoms with Crippen LogP contribution in [-0.2, 0) is 19.5 Å². The van der Waals surface area contributed by atoms with E-state index in [4.69, 9.17) is 4.74 Å². The molecule has 18 heavy (non-hydrogen) atoms. The van der Waals surface area contributed by atoms with Crippen molar-refractivity contribution in [3.05, 3.63) is 47.8 Å². The molecule has 0 fully saturated rings. The largest absolute Gasteiger partial charge is 0.497 e. The maximum Gasteiger partial charge on any atom is 0.118 e. The molecule has 1 aromatic carbocycles. The first-order valence-corrected chi connectivity index (χ1v) is 6.11. The molecule has 96 valence electrons. The molecule has 0 aliphatic rings. The van der Waals surface area contributed by atoms with Crippen LogP contribution >= 0.6 is 0 Å². The average Bonchev–Trinajstić information content (AvgIpc) is 2.85. The Kier molecular flexibility index (Phi) is 4.36. The van der Waals surface area contributed by atoms with Gasteiger partial charge in [0.2, 0.25) is 0 Å². The minimum absolute atomic E-state index is 0.850. The lowest BCUT2D eigenvalue weighted by molar-refractivity contribution is 0.414. The first-order chi connectivity index (χ1) is 8.83. The molecular formula is C14H19N3O. The van der Waals surface area contributed by atoms with Gasteiger partial charge in [0, 0.05) is 19.3 Å². The van der Waals surface area contributed by atoms with Gasteiger partial charge in [0.15, 0.2) is 0 Å². The van der Waals surface area contributed by atoms with Gasteiger partial charge in [0.05, 0.1) is 12.8 Å². The van der Waals surface area contributed by atoms with E-state index in [2.05, 4.69) is 22.5 Å². The van der Waals surface area contributed by atoms with Crippen LogP contribution in [0.3, 0.4) is 0 Å². The molecule has 0 spiro atoms. The monoisotopic (exact) mass is 245 g/mol. The van der Waals surface area contributed by atoms with Gasteiger partial charge in [-0.2, -0.15) is 5.10 Å². The zero-order valence-corrected chi connectivity index (χ0v) is 10.9. The molecule has 0 saturated heterocycles. The van der Waals surface area contributed by atoms with E-state index in [1.54, 1.807) is 7.11 Å². The second-order valence-corrected chi connectivity index (χ2v) is 4.17. The fourth-order valence-corrected chi connectivity index (χ4v) is 1.92. The molecular weight excluding hydrogens is 226 g/mol. The Hall–Kier alpha value is -1.81. The fraction of sp³-hybridized carbons (Fsp3) is 0.357. The van der Waals surface area contributed by atoms with Crippen molar-refractivity contribution in [1.29, 1.82) is 0 Å². The third-order valence-electron chi connectivity index (χ3n) is 2.93. The first-order valence-electron chi connectivity index (χ1n) is 6.11. The maximum absolute atomic E-state index is 5.14. The summed E-state index contributed by atoms with van der Waals surface area (Å²) in [4.78, 5) is 0. The van der Waals surface area contributed by atoms with Crippen molar-refractivity contribution >= 4 is 0 Å². The predicted octanol–water partition coefficient (Wildman–Crippen LogP) is 1.85. The van der Waals surface area contributed by atoms with E-state index in [1.807, 2.05) is 36.1 Å². The molecule has 1 N–H and O–H groups in total. The number of hydrogen-bond donors (Lipinski definition) is 1. The molecule has 0 amide bonds. The van der Waals surface area contributed by atoms with Gasteiger partial charge < -0.3 is 10.1 Å². The molecule has 0 atom stereocenters. The van der Waals surface area contributed by atoms with Crippen molar-refractivity contribution in [2.75, 3.05) is 14.2 Å². The lowest BCUT2D eigenvalue weighted by Crippen LogP contribution is -2.13. The van der Waals surface area contributed by atoms with Gasteiger partial charge in [0.1, 0.15) is 5.75 Å². The van der Waals surface area contributed by atoms with Crippen molar-refractivity contribution < 1.29 is 4.74 Å². The number of aromatic nitrogens is 2. The van der Waals surface area contributed by atoms with Crippen LogP contribution in [0.5, 0.6) is 5.75 Å². The number of nitrogens with one attached hydrogen (secondary N) is 1. The van der Waals surface area contributed by atoms with Gasteiger partial charge in [-0.1, -0.05) is 12.1 Å². The average molecular weight is 245 g/mol. The van der Waals surface area contributed by atoms with Gasteiger partial charge in [-0.3, -0.25) is 4.68 Å². The number of aryl methyl sites for hydroxylation is 2. The molecule has 2 rings (SSSR count). The summed E-state index contributed by atoms with van der Waals surface area (Å²) >= 11 is 0. The summed E-state index contributed by atoms with van der Waals surface area (Å²) in [5.41, 5.74) is 2.51. The van der Waals surface area contributed by atoms with Crippen LogP contribution in [-0.4, -0.2) is 23.9 Å². The molecule has 0 bridgehead atoms. The quantitative estimate of drug-likeness (QED) is 0.844. The topological polar surface area (TPSA) is 39.1 Å². The van der Waals surface area contributed by atoms with Crippen LogP contribution in [0.2, 0.25) is 0 Å². The van der Waals surface area contributed by atoms with E-state index in [0.717, 1.165) is 25.3 Å². The summed E-state index contributed by atoms with van der Waals surface area (Å²) in [5.74, 6) is 0.897. The Morgan fingerprint density at radius 2 is 2.00 bits per heavy atom. The Morgan fingerprint density at radius 3 is 2.67 bits per heavy atom. The lowest BCUT2D eigenvalue weighted by atomic mass is 10.1. The highest BCUT2D eigenvalue weighted by atomic mass is 16.5. The summed E-state index contributed by atoms with van der Waals surface area (Å²) in [6.45, 7) is 1.75. The molecule has 1 aromatic heterocycles. The molecule has 1 heterocycles. The molecule has 0 saturated carbocycles. The summed E-state index contributed by atoms with van der Waals surface area (Å²) in [6.07, 6.45) is 2.82. The van der Waals surface area contributed by atoms with E-state index < -0.39 is 0 Å². The third-order valence-corrected chi connectivity index (χ3v) is 2.93. The second kappa shape index (κ2) is 6.21. The third kappa shape index (κ3) is 3.11. The van der Waals surface area contributed by atoms with Crippen LogP contribution in [0, 0.1) is 0 Å². The normalized spacial score (nSPS) is 10.6. The van der Waals surface area contributed by atoms with Crippen molar-refractivity contribution in [2.45, 2.75) is 19.5 Å². The van der Waals surface area contributed by atoms with Crippen molar-refractivity contribution in [1.82, 2.24) is 15.1 Å². The Labute approximate surface area is 108 Å². The highest BCUT2D eigenvalue weighted by Crippen LogP contribution is 2.12. The second-order valence-electron chi connectivity index (χ2n) is 4.17. The molecule has 2 aromatic rings. The highest BCUT2D eigenvalue weighted by Gasteiger charge is 2.01. The van der Waals surface area contributed by atoms with Crippen LogP contribution < -0.4 is 10.1 Å².